The maximum atomic E-state index is 10.7. The minimum atomic E-state index is -0.740. The van der Waals surface area contributed by atoms with Crippen molar-refractivity contribution < 1.29 is 14.3 Å². The standard InChI is InChI=1S/C7H11NO3/c1-3-4-5-6(9)8-7(10)11-2/h4-5H,3H2,1-2H3,(H,8,9,10)/b5-4+. The Morgan fingerprint density at radius 2 is 2.18 bits per heavy atom. The Balaban J connectivity index is 3.69. The molecule has 62 valence electrons. The summed E-state index contributed by atoms with van der Waals surface area (Å²) in [6.45, 7) is 1.89. The molecule has 0 rings (SSSR count). The molecule has 0 aliphatic carbocycles. The van der Waals surface area contributed by atoms with E-state index in [0.29, 0.717) is 0 Å². The van der Waals surface area contributed by atoms with E-state index >= 15 is 0 Å². The number of allylic oxidation sites excluding steroid dienone is 1. The van der Waals surface area contributed by atoms with Crippen LogP contribution < -0.4 is 5.32 Å². The Morgan fingerprint density at radius 1 is 1.55 bits per heavy atom. The first-order valence-corrected chi connectivity index (χ1v) is 3.26. The van der Waals surface area contributed by atoms with Gasteiger partial charge in [0.2, 0.25) is 0 Å². The lowest BCUT2D eigenvalue weighted by Crippen LogP contribution is -2.28. The first kappa shape index (κ1) is 9.68. The molecule has 4 heteroatoms. The monoisotopic (exact) mass is 157 g/mol. The molecule has 4 nitrogen and oxygen atoms in total. The second kappa shape index (κ2) is 5.46. The molecule has 0 aromatic carbocycles. The van der Waals surface area contributed by atoms with Crippen molar-refractivity contribution in [3.63, 3.8) is 0 Å². The lowest BCUT2D eigenvalue weighted by molar-refractivity contribution is -0.115. The third kappa shape index (κ3) is 5.14. The van der Waals surface area contributed by atoms with Gasteiger partial charge in [-0.3, -0.25) is 10.1 Å². The van der Waals surface area contributed by atoms with Crippen LogP contribution in [0.15, 0.2) is 12.2 Å². The van der Waals surface area contributed by atoms with E-state index in [1.165, 1.54) is 13.2 Å². The SMILES string of the molecule is CC/C=C/C(=O)NC(=O)OC. The van der Waals surface area contributed by atoms with Gasteiger partial charge in [-0.2, -0.15) is 0 Å². The second-order valence-electron chi connectivity index (χ2n) is 1.79. The lowest BCUT2D eigenvalue weighted by atomic mass is 10.4. The zero-order valence-corrected chi connectivity index (χ0v) is 6.59. The summed E-state index contributed by atoms with van der Waals surface area (Å²) in [5.41, 5.74) is 0. The fourth-order valence-electron chi connectivity index (χ4n) is 0.418. The predicted octanol–water partition coefficient (Wildman–Crippen LogP) is 0.835. The Bertz CT molecular complexity index is 175. The normalized spacial score (nSPS) is 9.64. The van der Waals surface area contributed by atoms with Gasteiger partial charge in [-0.25, -0.2) is 4.79 Å². The quantitative estimate of drug-likeness (QED) is 0.604. The summed E-state index contributed by atoms with van der Waals surface area (Å²) in [6.07, 6.45) is 2.96. The summed E-state index contributed by atoms with van der Waals surface area (Å²) >= 11 is 0. The van der Waals surface area contributed by atoms with Crippen molar-refractivity contribution >= 4 is 12.0 Å². The number of carbonyl (C=O) groups is 2. The largest absolute Gasteiger partial charge is 0.453 e. The molecular formula is C7H11NO3. The fourth-order valence-corrected chi connectivity index (χ4v) is 0.418. The minimum Gasteiger partial charge on any atom is -0.453 e. The van der Waals surface area contributed by atoms with Crippen LogP contribution in [-0.4, -0.2) is 19.1 Å². The molecule has 0 saturated carbocycles. The molecule has 0 unspecified atom stereocenters. The number of hydrogen-bond donors (Lipinski definition) is 1. The molecule has 0 radical (unpaired) electrons. The fraction of sp³-hybridized carbons (Fsp3) is 0.429. The van der Waals surface area contributed by atoms with Crippen molar-refractivity contribution in [1.29, 1.82) is 0 Å². The van der Waals surface area contributed by atoms with E-state index in [1.807, 2.05) is 12.2 Å². The summed E-state index contributed by atoms with van der Waals surface area (Å²) in [4.78, 5) is 21.1. The minimum absolute atomic E-state index is 0.460. The van der Waals surface area contributed by atoms with Crippen molar-refractivity contribution in [2.24, 2.45) is 0 Å². The Kier molecular flexibility index (Phi) is 4.81. The maximum absolute atomic E-state index is 10.7. The van der Waals surface area contributed by atoms with Gasteiger partial charge in [0.15, 0.2) is 0 Å². The number of hydrogen-bond acceptors (Lipinski definition) is 3. The topological polar surface area (TPSA) is 55.4 Å². The summed E-state index contributed by atoms with van der Waals surface area (Å²) in [7, 11) is 1.20. The summed E-state index contributed by atoms with van der Waals surface area (Å²) < 4.78 is 4.20. The molecule has 0 aliphatic rings. The van der Waals surface area contributed by atoms with E-state index in [0.717, 1.165) is 6.42 Å². The number of rotatable bonds is 2. The van der Waals surface area contributed by atoms with Crippen LogP contribution in [0, 0.1) is 0 Å². The highest BCUT2D eigenvalue weighted by Gasteiger charge is 2.01. The Labute approximate surface area is 65.2 Å². The molecule has 0 aromatic rings. The summed E-state index contributed by atoms with van der Waals surface area (Å²) in [5.74, 6) is -0.460. The highest BCUT2D eigenvalue weighted by molar-refractivity contribution is 5.98. The van der Waals surface area contributed by atoms with Crippen molar-refractivity contribution in [2.75, 3.05) is 7.11 Å². The van der Waals surface area contributed by atoms with E-state index in [1.54, 1.807) is 6.08 Å². The van der Waals surface area contributed by atoms with Gasteiger partial charge in [0, 0.05) is 0 Å². The molecular weight excluding hydrogens is 146 g/mol. The molecule has 0 spiro atoms. The van der Waals surface area contributed by atoms with Crippen LogP contribution in [0.4, 0.5) is 4.79 Å². The van der Waals surface area contributed by atoms with Gasteiger partial charge in [0.05, 0.1) is 7.11 Å². The number of nitrogens with one attached hydrogen (secondary N) is 1. The van der Waals surface area contributed by atoms with Crippen LogP contribution in [0.2, 0.25) is 0 Å². The summed E-state index contributed by atoms with van der Waals surface area (Å²) in [5, 5.41) is 1.98. The van der Waals surface area contributed by atoms with E-state index < -0.39 is 12.0 Å². The van der Waals surface area contributed by atoms with Gasteiger partial charge >= 0.3 is 6.09 Å². The van der Waals surface area contributed by atoms with Crippen molar-refractivity contribution in [1.82, 2.24) is 5.32 Å². The lowest BCUT2D eigenvalue weighted by Gasteiger charge is -1.96. The van der Waals surface area contributed by atoms with E-state index in [2.05, 4.69) is 4.74 Å². The number of carbonyl (C=O) groups excluding carboxylic acids is 2. The number of amides is 2. The van der Waals surface area contributed by atoms with Gasteiger partial charge in [0.25, 0.3) is 5.91 Å². The molecule has 0 aliphatic heterocycles. The van der Waals surface area contributed by atoms with Crippen LogP contribution in [0.1, 0.15) is 13.3 Å². The number of imide groups is 1. The van der Waals surface area contributed by atoms with Gasteiger partial charge in [-0.05, 0) is 12.5 Å². The van der Waals surface area contributed by atoms with Gasteiger partial charge in [-0.1, -0.05) is 13.0 Å². The molecule has 0 fully saturated rings. The third-order valence-corrected chi connectivity index (χ3v) is 0.916. The molecule has 0 aromatic heterocycles. The highest BCUT2D eigenvalue weighted by Crippen LogP contribution is 1.80. The van der Waals surface area contributed by atoms with Crippen molar-refractivity contribution in [2.45, 2.75) is 13.3 Å². The molecule has 11 heavy (non-hydrogen) atoms. The van der Waals surface area contributed by atoms with E-state index in [-0.39, 0.29) is 0 Å². The van der Waals surface area contributed by atoms with Crippen LogP contribution in [0.25, 0.3) is 0 Å². The first-order chi connectivity index (χ1) is 5.20. The van der Waals surface area contributed by atoms with Crippen LogP contribution in [0.3, 0.4) is 0 Å². The predicted molar refractivity (Wildman–Crippen MR) is 40.0 cm³/mol. The number of ether oxygens (including phenoxy) is 1. The maximum Gasteiger partial charge on any atom is 0.413 e. The van der Waals surface area contributed by atoms with E-state index in [9.17, 15) is 9.59 Å². The smallest absolute Gasteiger partial charge is 0.413 e. The average molecular weight is 157 g/mol. The molecule has 0 atom stereocenters. The zero-order valence-electron chi connectivity index (χ0n) is 6.59. The van der Waals surface area contributed by atoms with Crippen molar-refractivity contribution in [3.8, 4) is 0 Å². The van der Waals surface area contributed by atoms with Crippen molar-refractivity contribution in [3.05, 3.63) is 12.2 Å². The molecule has 1 N–H and O–H groups in total. The molecule has 0 saturated heterocycles. The number of alkyl carbamates (subject to hydrolysis) is 1. The first-order valence-electron chi connectivity index (χ1n) is 3.26. The zero-order chi connectivity index (χ0) is 8.69. The number of methoxy groups -OCH3 is 1. The average Bonchev–Trinajstić information content (AvgIpc) is 2.00. The van der Waals surface area contributed by atoms with Gasteiger partial charge < -0.3 is 4.74 Å². The van der Waals surface area contributed by atoms with Gasteiger partial charge in [0.1, 0.15) is 0 Å². The second-order valence-corrected chi connectivity index (χ2v) is 1.79. The molecule has 0 bridgehead atoms. The Morgan fingerprint density at radius 3 is 2.64 bits per heavy atom. The van der Waals surface area contributed by atoms with Crippen LogP contribution in [-0.2, 0) is 9.53 Å². The third-order valence-electron chi connectivity index (χ3n) is 0.916. The highest BCUT2D eigenvalue weighted by atomic mass is 16.5. The molecule has 2 amide bonds. The van der Waals surface area contributed by atoms with Crippen LogP contribution in [0.5, 0.6) is 0 Å². The van der Waals surface area contributed by atoms with E-state index in [4.69, 9.17) is 0 Å². The molecule has 0 heterocycles. The summed E-state index contributed by atoms with van der Waals surface area (Å²) in [6, 6.07) is 0. The van der Waals surface area contributed by atoms with Crippen LogP contribution >= 0.6 is 0 Å². The van der Waals surface area contributed by atoms with Gasteiger partial charge in [-0.15, -0.1) is 0 Å². The Hall–Kier alpha value is -1.32.